The van der Waals surface area contributed by atoms with E-state index in [0.29, 0.717) is 17.2 Å². The van der Waals surface area contributed by atoms with E-state index in [2.05, 4.69) is 32.5 Å². The minimum Gasteiger partial charge on any atom is -0.349 e. The molecule has 33 heavy (non-hydrogen) atoms. The summed E-state index contributed by atoms with van der Waals surface area (Å²) in [7, 11) is 3.87. The fourth-order valence-corrected chi connectivity index (χ4v) is 4.94. The Morgan fingerprint density at radius 1 is 1.03 bits per heavy atom. The number of fused-ring (bicyclic) bond motifs is 1. The topological polar surface area (TPSA) is 97.1 Å². The summed E-state index contributed by atoms with van der Waals surface area (Å²) < 4.78 is 3.45. The normalized spacial score (nSPS) is 18.1. The van der Waals surface area contributed by atoms with Gasteiger partial charge in [-0.25, -0.2) is 9.78 Å². The number of hydrogen-bond donors (Lipinski definition) is 2. The molecular weight excluding hydrogens is 418 g/mol. The van der Waals surface area contributed by atoms with E-state index in [0.717, 1.165) is 62.8 Å². The fourth-order valence-electron chi connectivity index (χ4n) is 4.94. The van der Waals surface area contributed by atoms with Gasteiger partial charge in [-0.15, -0.1) is 0 Å². The van der Waals surface area contributed by atoms with Crippen LogP contribution < -0.4 is 16.3 Å². The smallest absolute Gasteiger partial charge is 0.330 e. The molecule has 1 amide bonds. The fraction of sp³-hybridized carbons (Fsp3) is 0.500. The van der Waals surface area contributed by atoms with E-state index in [-0.39, 0.29) is 23.7 Å². The zero-order valence-corrected chi connectivity index (χ0v) is 19.3. The first-order valence-electron chi connectivity index (χ1n) is 11.8. The number of hydrogen-bond acceptors (Lipinski definition) is 6. The Kier molecular flexibility index (Phi) is 5.88. The van der Waals surface area contributed by atoms with Crippen LogP contribution in [-0.4, -0.2) is 56.1 Å². The van der Waals surface area contributed by atoms with Crippen molar-refractivity contribution in [2.45, 2.75) is 50.6 Å². The van der Waals surface area contributed by atoms with Crippen LogP contribution in [0.1, 0.15) is 54.9 Å². The van der Waals surface area contributed by atoms with E-state index in [9.17, 15) is 9.59 Å². The first kappa shape index (κ1) is 21.6. The summed E-state index contributed by atoms with van der Waals surface area (Å²) in [4.78, 5) is 36.8. The van der Waals surface area contributed by atoms with Crippen molar-refractivity contribution in [2.24, 2.45) is 7.05 Å². The Balaban J connectivity index is 1.31. The lowest BCUT2D eigenvalue weighted by atomic mass is 10.0. The maximum atomic E-state index is 12.8. The molecule has 9 heteroatoms. The van der Waals surface area contributed by atoms with Crippen LogP contribution in [0.5, 0.6) is 0 Å². The van der Waals surface area contributed by atoms with Gasteiger partial charge in [0.1, 0.15) is 5.52 Å². The highest BCUT2D eigenvalue weighted by Gasteiger charge is 2.24. The molecule has 174 valence electrons. The zero-order valence-electron chi connectivity index (χ0n) is 19.3. The molecule has 0 spiro atoms. The molecule has 3 heterocycles. The summed E-state index contributed by atoms with van der Waals surface area (Å²) in [6.45, 7) is 2.02. The highest BCUT2D eigenvalue weighted by atomic mass is 16.2. The molecule has 0 radical (unpaired) electrons. The number of nitrogens with zero attached hydrogens (tertiary/aromatic N) is 5. The van der Waals surface area contributed by atoms with Gasteiger partial charge in [0.2, 0.25) is 5.95 Å². The molecule has 2 aliphatic rings. The van der Waals surface area contributed by atoms with E-state index in [1.165, 1.54) is 0 Å². The number of imidazole rings is 1. The number of nitrogens with one attached hydrogen (secondary N) is 2. The average Bonchev–Trinajstić information content (AvgIpc) is 3.42. The molecule has 1 saturated carbocycles. The molecule has 0 atom stereocenters. The minimum atomic E-state index is -0.0429. The number of rotatable bonds is 5. The Morgan fingerprint density at radius 2 is 1.73 bits per heavy atom. The van der Waals surface area contributed by atoms with Gasteiger partial charge in [-0.3, -0.25) is 13.9 Å². The predicted octanol–water partition coefficient (Wildman–Crippen LogP) is 2.81. The van der Waals surface area contributed by atoms with Gasteiger partial charge in [0, 0.05) is 30.4 Å². The maximum absolute atomic E-state index is 12.8. The van der Waals surface area contributed by atoms with Crippen LogP contribution in [0.4, 0.5) is 11.6 Å². The molecule has 3 aromatic rings. The molecule has 2 N–H and O–H groups in total. The number of likely N-dealkylation sites (tertiary alicyclic amines) is 1. The second kappa shape index (κ2) is 8.97. The van der Waals surface area contributed by atoms with Crippen LogP contribution in [0, 0.1) is 0 Å². The lowest BCUT2D eigenvalue weighted by Gasteiger charge is -2.29. The van der Waals surface area contributed by atoms with Crippen molar-refractivity contribution in [3.8, 4) is 0 Å². The van der Waals surface area contributed by atoms with Gasteiger partial charge in [0.05, 0.1) is 6.20 Å². The van der Waals surface area contributed by atoms with Crippen molar-refractivity contribution in [1.29, 1.82) is 0 Å². The van der Waals surface area contributed by atoms with E-state index < -0.39 is 0 Å². The van der Waals surface area contributed by atoms with Crippen LogP contribution in [0.2, 0.25) is 0 Å². The molecule has 2 aromatic heterocycles. The molecule has 1 saturated heterocycles. The zero-order chi connectivity index (χ0) is 22.9. The van der Waals surface area contributed by atoms with E-state index >= 15 is 0 Å². The molecule has 1 aliphatic heterocycles. The molecule has 1 aromatic carbocycles. The Morgan fingerprint density at radius 3 is 2.42 bits per heavy atom. The number of benzene rings is 1. The number of anilines is 2. The SMILES string of the molecule is CN1CCC(NC(=O)c2ccc(Nc3ncc4c(n3)n(C3CCCC3)c(=O)n4C)cc2)CC1. The van der Waals surface area contributed by atoms with Crippen LogP contribution in [0.15, 0.2) is 35.3 Å². The van der Waals surface area contributed by atoms with Crippen LogP contribution in [-0.2, 0) is 7.05 Å². The predicted molar refractivity (Wildman–Crippen MR) is 128 cm³/mol. The highest BCUT2D eigenvalue weighted by Crippen LogP contribution is 2.30. The number of aryl methyl sites for hydroxylation is 1. The standard InChI is InChI=1S/C24H31N7O2/c1-29-13-11-18(12-14-29)26-22(32)16-7-9-17(10-8-16)27-23-25-15-20-21(28-23)31(24(33)30(20)2)19-5-3-4-6-19/h7-10,15,18-19H,3-6,11-14H2,1-2H3,(H,26,32)(H,25,27,28). The third-order valence-corrected chi connectivity index (χ3v) is 6.98. The van der Waals surface area contributed by atoms with E-state index in [1.54, 1.807) is 17.8 Å². The Hall–Kier alpha value is -3.20. The van der Waals surface area contributed by atoms with Crippen molar-refractivity contribution < 1.29 is 4.79 Å². The lowest BCUT2D eigenvalue weighted by molar-refractivity contribution is 0.0917. The molecule has 0 unspecified atom stereocenters. The van der Waals surface area contributed by atoms with Crippen molar-refractivity contribution in [3.63, 3.8) is 0 Å². The second-order valence-electron chi connectivity index (χ2n) is 9.31. The molecule has 9 nitrogen and oxygen atoms in total. The van der Waals surface area contributed by atoms with Gasteiger partial charge in [0.25, 0.3) is 5.91 Å². The number of carbonyl (C=O) groups excluding carboxylic acids is 1. The van der Waals surface area contributed by atoms with Gasteiger partial charge in [0.15, 0.2) is 5.65 Å². The van der Waals surface area contributed by atoms with Crippen LogP contribution in [0.3, 0.4) is 0 Å². The highest BCUT2D eigenvalue weighted by molar-refractivity contribution is 5.94. The summed E-state index contributed by atoms with van der Waals surface area (Å²) in [5.74, 6) is 0.391. The molecule has 1 aliphatic carbocycles. The number of aromatic nitrogens is 4. The third kappa shape index (κ3) is 4.37. The number of amides is 1. The third-order valence-electron chi connectivity index (χ3n) is 6.98. The largest absolute Gasteiger partial charge is 0.349 e. The minimum absolute atomic E-state index is 0.0386. The molecule has 5 rings (SSSR count). The van der Waals surface area contributed by atoms with E-state index in [1.807, 2.05) is 28.8 Å². The summed E-state index contributed by atoms with van der Waals surface area (Å²) in [5.41, 5.74) is 2.78. The monoisotopic (exact) mass is 449 g/mol. The van der Waals surface area contributed by atoms with E-state index in [4.69, 9.17) is 0 Å². The van der Waals surface area contributed by atoms with Crippen LogP contribution >= 0.6 is 0 Å². The molecule has 2 fully saturated rings. The number of carbonyl (C=O) groups is 1. The molecular formula is C24H31N7O2. The first-order valence-corrected chi connectivity index (χ1v) is 11.8. The van der Waals surface area contributed by atoms with Crippen LogP contribution in [0.25, 0.3) is 11.2 Å². The second-order valence-corrected chi connectivity index (χ2v) is 9.31. The maximum Gasteiger partial charge on any atom is 0.330 e. The summed E-state index contributed by atoms with van der Waals surface area (Å²) in [5, 5.41) is 6.35. The first-order chi connectivity index (χ1) is 16.0. The quantitative estimate of drug-likeness (QED) is 0.622. The van der Waals surface area contributed by atoms with Gasteiger partial charge >= 0.3 is 5.69 Å². The lowest BCUT2D eigenvalue weighted by Crippen LogP contribution is -2.43. The average molecular weight is 450 g/mol. The molecule has 0 bridgehead atoms. The van der Waals surface area contributed by atoms with Gasteiger partial charge in [-0.2, -0.15) is 4.98 Å². The Labute approximate surface area is 192 Å². The van der Waals surface area contributed by atoms with Crippen molar-refractivity contribution in [1.82, 2.24) is 29.3 Å². The summed E-state index contributed by atoms with van der Waals surface area (Å²) >= 11 is 0. The van der Waals surface area contributed by atoms with Gasteiger partial charge in [-0.1, -0.05) is 12.8 Å². The van der Waals surface area contributed by atoms with Gasteiger partial charge < -0.3 is 15.5 Å². The van der Waals surface area contributed by atoms with Crippen molar-refractivity contribution in [2.75, 3.05) is 25.5 Å². The summed E-state index contributed by atoms with van der Waals surface area (Å²) in [6, 6.07) is 7.75. The van der Waals surface area contributed by atoms with Crippen molar-refractivity contribution in [3.05, 3.63) is 46.5 Å². The Bertz CT molecular complexity index is 1200. The number of piperidine rings is 1. The summed E-state index contributed by atoms with van der Waals surface area (Å²) in [6.07, 6.45) is 7.95. The van der Waals surface area contributed by atoms with Crippen molar-refractivity contribution >= 4 is 28.7 Å². The van der Waals surface area contributed by atoms with Gasteiger partial charge in [-0.05, 0) is 70.1 Å².